The molecule has 0 radical (unpaired) electrons. The zero-order valence-electron chi connectivity index (χ0n) is 19.3. The number of hydrogen-bond donors (Lipinski definition) is 1. The third kappa shape index (κ3) is 4.38. The fraction of sp³-hybridized carbons (Fsp3) is 0.520. The fourth-order valence-electron chi connectivity index (χ4n) is 4.67. The van der Waals surface area contributed by atoms with Gasteiger partial charge >= 0.3 is 6.09 Å². The molecule has 1 N–H and O–H groups in total. The van der Waals surface area contributed by atoms with Crippen LogP contribution < -0.4 is 15.8 Å². The van der Waals surface area contributed by atoms with Crippen LogP contribution in [0.3, 0.4) is 0 Å². The molecule has 1 aliphatic carbocycles. The van der Waals surface area contributed by atoms with E-state index in [9.17, 15) is 9.59 Å². The lowest BCUT2D eigenvalue weighted by Crippen LogP contribution is -2.36. The highest BCUT2D eigenvalue weighted by molar-refractivity contribution is 5.93. The summed E-state index contributed by atoms with van der Waals surface area (Å²) in [4.78, 5) is 26.8. The molecule has 0 bridgehead atoms. The summed E-state index contributed by atoms with van der Waals surface area (Å²) >= 11 is 0. The van der Waals surface area contributed by atoms with Crippen molar-refractivity contribution in [1.29, 1.82) is 0 Å². The van der Waals surface area contributed by atoms with Crippen molar-refractivity contribution in [1.82, 2.24) is 9.88 Å². The van der Waals surface area contributed by atoms with Gasteiger partial charge in [0.2, 0.25) is 0 Å². The number of alkyl carbamates (subject to hydrolysis) is 1. The molecule has 32 heavy (non-hydrogen) atoms. The molecule has 0 spiro atoms. The maximum atomic E-state index is 15.4. The number of benzene rings is 1. The number of nitrogens with one attached hydrogen (secondary N) is 1. The number of halogens is 1. The predicted octanol–water partition coefficient (Wildman–Crippen LogP) is 4.78. The number of nitrogens with zero attached hydrogens (tertiary/aromatic N) is 2. The second-order valence-corrected chi connectivity index (χ2v) is 9.95. The van der Waals surface area contributed by atoms with Gasteiger partial charge in [-0.15, -0.1) is 0 Å². The number of amides is 1. The van der Waals surface area contributed by atoms with Gasteiger partial charge < -0.3 is 19.5 Å². The first-order valence-electron chi connectivity index (χ1n) is 11.3. The lowest BCUT2D eigenvalue weighted by atomic mass is 10.0. The van der Waals surface area contributed by atoms with Gasteiger partial charge in [-0.1, -0.05) is 12.7 Å². The zero-order valence-corrected chi connectivity index (χ0v) is 19.3. The Morgan fingerprint density at radius 2 is 2.03 bits per heavy atom. The Morgan fingerprint density at radius 1 is 1.31 bits per heavy atom. The van der Waals surface area contributed by atoms with Crippen molar-refractivity contribution in [3.05, 3.63) is 46.0 Å². The summed E-state index contributed by atoms with van der Waals surface area (Å²) in [5, 5.41) is 3.56. The van der Waals surface area contributed by atoms with Crippen molar-refractivity contribution < 1.29 is 13.9 Å². The van der Waals surface area contributed by atoms with Crippen molar-refractivity contribution in [3.63, 3.8) is 0 Å². The van der Waals surface area contributed by atoms with E-state index < -0.39 is 11.7 Å². The Labute approximate surface area is 188 Å². The van der Waals surface area contributed by atoms with Crippen LogP contribution in [0.1, 0.15) is 57.2 Å². The summed E-state index contributed by atoms with van der Waals surface area (Å²) in [6.07, 6.45) is 3.96. The van der Waals surface area contributed by atoms with Crippen LogP contribution in [0, 0.1) is 18.7 Å². The highest BCUT2D eigenvalue weighted by atomic mass is 19.1. The predicted molar refractivity (Wildman–Crippen MR) is 126 cm³/mol. The highest BCUT2D eigenvalue weighted by Crippen LogP contribution is 2.40. The fourth-order valence-corrected chi connectivity index (χ4v) is 4.67. The van der Waals surface area contributed by atoms with Gasteiger partial charge in [0.1, 0.15) is 11.4 Å². The minimum absolute atomic E-state index is 0.0589. The quantitative estimate of drug-likeness (QED) is 0.726. The normalized spacial score (nSPS) is 18.8. The molecule has 1 aromatic heterocycles. The topological polar surface area (TPSA) is 63.6 Å². The number of fused-ring (bicyclic) bond motifs is 1. The van der Waals surface area contributed by atoms with Crippen LogP contribution in [-0.4, -0.2) is 35.9 Å². The molecule has 1 atom stereocenters. The summed E-state index contributed by atoms with van der Waals surface area (Å²) in [6.45, 7) is 13.0. The van der Waals surface area contributed by atoms with Crippen molar-refractivity contribution in [2.45, 2.75) is 58.6 Å². The van der Waals surface area contributed by atoms with Gasteiger partial charge in [0.25, 0.3) is 5.56 Å². The van der Waals surface area contributed by atoms with Crippen LogP contribution in [0.2, 0.25) is 0 Å². The van der Waals surface area contributed by atoms with Crippen molar-refractivity contribution in [3.8, 4) is 0 Å². The van der Waals surface area contributed by atoms with Crippen molar-refractivity contribution >= 4 is 28.8 Å². The third-order valence-electron chi connectivity index (χ3n) is 6.20. The van der Waals surface area contributed by atoms with E-state index in [1.54, 1.807) is 18.2 Å². The monoisotopic (exact) mass is 441 g/mol. The van der Waals surface area contributed by atoms with E-state index in [1.165, 1.54) is 0 Å². The first-order chi connectivity index (χ1) is 15.1. The third-order valence-corrected chi connectivity index (χ3v) is 6.20. The number of anilines is 1. The van der Waals surface area contributed by atoms with Crippen molar-refractivity contribution in [2.24, 2.45) is 5.92 Å². The van der Waals surface area contributed by atoms with Crippen LogP contribution in [-0.2, 0) is 4.74 Å². The minimum Gasteiger partial charge on any atom is -0.444 e. The largest absolute Gasteiger partial charge is 0.444 e. The Kier molecular flexibility index (Phi) is 5.77. The Hall–Kier alpha value is -2.83. The van der Waals surface area contributed by atoms with Gasteiger partial charge in [-0.25, -0.2) is 9.18 Å². The maximum Gasteiger partial charge on any atom is 0.407 e. The number of rotatable bonds is 5. The van der Waals surface area contributed by atoms with Crippen LogP contribution >= 0.6 is 0 Å². The molecule has 2 aromatic rings. The minimum atomic E-state index is -0.543. The molecule has 7 heteroatoms. The second-order valence-electron chi connectivity index (χ2n) is 9.95. The lowest BCUT2D eigenvalue weighted by molar-refractivity contribution is 0.0520. The van der Waals surface area contributed by atoms with Gasteiger partial charge in [0, 0.05) is 37.1 Å². The van der Waals surface area contributed by atoms with Crippen LogP contribution in [0.25, 0.3) is 17.0 Å². The summed E-state index contributed by atoms with van der Waals surface area (Å²) in [6, 6.07) is 3.28. The van der Waals surface area contributed by atoms with E-state index in [4.69, 9.17) is 4.74 Å². The van der Waals surface area contributed by atoms with E-state index >= 15 is 4.39 Å². The molecule has 1 amide bonds. The van der Waals surface area contributed by atoms with Gasteiger partial charge in [0.05, 0.1) is 11.2 Å². The maximum absolute atomic E-state index is 15.4. The summed E-state index contributed by atoms with van der Waals surface area (Å²) in [7, 11) is 0. The van der Waals surface area contributed by atoms with E-state index in [1.807, 2.05) is 37.2 Å². The number of aryl methyl sites for hydroxylation is 1. The Balaban J connectivity index is 1.61. The zero-order chi connectivity index (χ0) is 23.2. The Bertz CT molecular complexity index is 1130. The number of carbonyl (C=O) groups excluding carboxylic acids is 1. The molecule has 2 fully saturated rings. The van der Waals surface area contributed by atoms with Gasteiger partial charge in [-0.3, -0.25) is 4.79 Å². The van der Waals surface area contributed by atoms with E-state index in [0.717, 1.165) is 35.7 Å². The molecule has 2 heterocycles. The first kappa shape index (κ1) is 22.4. The van der Waals surface area contributed by atoms with Gasteiger partial charge in [-0.05, 0) is 70.1 Å². The molecule has 1 aliphatic heterocycles. The second kappa shape index (κ2) is 8.26. The molecule has 1 aromatic carbocycles. The number of aromatic nitrogens is 1. The number of carbonyl (C=O) groups is 1. The molecule has 1 unspecified atom stereocenters. The molecule has 172 valence electrons. The van der Waals surface area contributed by atoms with E-state index in [2.05, 4.69) is 11.9 Å². The van der Waals surface area contributed by atoms with Crippen LogP contribution in [0.4, 0.5) is 14.9 Å². The average Bonchev–Trinajstić information content (AvgIpc) is 3.43. The van der Waals surface area contributed by atoms with Crippen LogP contribution in [0.15, 0.2) is 23.5 Å². The Morgan fingerprint density at radius 3 is 2.66 bits per heavy atom. The smallest absolute Gasteiger partial charge is 0.407 e. The number of hydrogen-bond acceptors (Lipinski definition) is 4. The molecule has 4 rings (SSSR count). The molecule has 2 aliphatic rings. The molecular formula is C25H32FN3O3. The lowest BCUT2D eigenvalue weighted by Gasteiger charge is -2.25. The average molecular weight is 442 g/mol. The van der Waals surface area contributed by atoms with E-state index in [-0.39, 0.29) is 23.3 Å². The van der Waals surface area contributed by atoms with E-state index in [0.29, 0.717) is 30.9 Å². The molecule has 1 saturated heterocycles. The van der Waals surface area contributed by atoms with Crippen LogP contribution in [0.5, 0.6) is 0 Å². The SMILES string of the molecule is C=Cc1cc(=O)n(C2CC2)c2c(C)c(N3CCC(CNC(=O)OC(C)(C)C)C3)c(F)cc12. The summed E-state index contributed by atoms with van der Waals surface area (Å²) in [5.74, 6) is -0.0954. The number of ether oxygens (including phenoxy) is 1. The number of pyridine rings is 1. The van der Waals surface area contributed by atoms with Gasteiger partial charge in [0.15, 0.2) is 0 Å². The first-order valence-corrected chi connectivity index (χ1v) is 11.3. The highest BCUT2D eigenvalue weighted by Gasteiger charge is 2.31. The summed E-state index contributed by atoms with van der Waals surface area (Å²) < 4.78 is 22.5. The standard InChI is InChI=1S/C25H32FN3O3/c1-6-17-11-21(30)29(18-7-8-18)22-15(2)23(20(26)12-19(17)22)28-10-9-16(14-28)13-27-24(31)32-25(3,4)5/h6,11-12,16,18H,1,7-10,13-14H2,2-5H3,(H,27,31). The molecular weight excluding hydrogens is 409 g/mol. The molecule has 1 saturated carbocycles. The van der Waals surface area contributed by atoms with Gasteiger partial charge in [-0.2, -0.15) is 0 Å². The molecule has 6 nitrogen and oxygen atoms in total. The van der Waals surface area contributed by atoms with Crippen molar-refractivity contribution in [2.75, 3.05) is 24.5 Å². The summed E-state index contributed by atoms with van der Waals surface area (Å²) in [5.41, 5.74) is 2.20.